The molecule has 0 radical (unpaired) electrons. The number of rotatable bonds is 4. The Bertz CT molecular complexity index is 647. The molecule has 0 aromatic heterocycles. The van der Waals surface area contributed by atoms with Crippen molar-refractivity contribution in [1.82, 2.24) is 0 Å². The molecule has 0 fully saturated rings. The molecule has 0 amide bonds. The summed E-state index contributed by atoms with van der Waals surface area (Å²) in [5, 5.41) is 11.2. The summed E-state index contributed by atoms with van der Waals surface area (Å²) < 4.78 is 0. The van der Waals surface area contributed by atoms with Gasteiger partial charge in [0.05, 0.1) is 6.01 Å². The van der Waals surface area contributed by atoms with Crippen LogP contribution in [0.3, 0.4) is 0 Å². The van der Waals surface area contributed by atoms with Gasteiger partial charge in [0.2, 0.25) is 0 Å². The van der Waals surface area contributed by atoms with Gasteiger partial charge in [0.15, 0.2) is 0 Å². The second kappa shape index (κ2) is 9.20. The lowest BCUT2D eigenvalue weighted by Gasteiger charge is -2.23. The first-order valence-electron chi connectivity index (χ1n) is 8.65. The molecular formula is C22H30N2. The fraction of sp³-hybridized carbons (Fsp3) is 0.409. The fourth-order valence-corrected chi connectivity index (χ4v) is 2.89. The quantitative estimate of drug-likeness (QED) is 0.567. The Hall–Kier alpha value is -2.18. The molecule has 2 rings (SSSR count). The third-order valence-electron chi connectivity index (χ3n) is 4.19. The van der Waals surface area contributed by atoms with Crippen LogP contribution in [-0.2, 0) is 0 Å². The van der Waals surface area contributed by atoms with E-state index in [2.05, 4.69) is 84.0 Å². The van der Waals surface area contributed by atoms with Crippen LogP contribution in [0.2, 0.25) is 0 Å². The molecule has 0 saturated carbocycles. The highest BCUT2D eigenvalue weighted by Crippen LogP contribution is 2.38. The maximum atomic E-state index is 5.62. The highest BCUT2D eigenvalue weighted by Gasteiger charge is 2.18. The third-order valence-corrected chi connectivity index (χ3v) is 4.19. The summed E-state index contributed by atoms with van der Waals surface area (Å²) in [6.45, 7) is 13.8. The van der Waals surface area contributed by atoms with E-state index in [1.807, 2.05) is 0 Å². The summed E-state index contributed by atoms with van der Waals surface area (Å²) in [5.41, 5.74) is 7.22. The monoisotopic (exact) mass is 322 g/mol. The molecule has 2 N–H and O–H groups in total. The van der Waals surface area contributed by atoms with Crippen LogP contribution in [0.25, 0.3) is 11.1 Å². The predicted molar refractivity (Wildman–Crippen MR) is 105 cm³/mol. The van der Waals surface area contributed by atoms with Gasteiger partial charge in [0, 0.05) is 0 Å². The number of nitrogens with one attached hydrogen (secondary N) is 2. The number of hydrogen-bond acceptors (Lipinski definition) is 2. The number of hydrogen-bond donors (Lipinski definition) is 2. The topological polar surface area (TPSA) is 47.7 Å². The first-order valence-corrected chi connectivity index (χ1v) is 8.65. The maximum absolute atomic E-state index is 5.62. The average molecular weight is 322 g/mol. The molecule has 0 saturated heterocycles. The van der Waals surface area contributed by atoms with Crippen LogP contribution in [0.15, 0.2) is 42.5 Å². The van der Waals surface area contributed by atoms with Gasteiger partial charge in [-0.2, -0.15) is 0 Å². The normalized spacial score (nSPS) is 10.5. The molecule has 0 spiro atoms. The second-order valence-corrected chi connectivity index (χ2v) is 7.03. The zero-order valence-corrected chi connectivity index (χ0v) is 15.8. The van der Waals surface area contributed by atoms with Crippen molar-refractivity contribution < 1.29 is 0 Å². The van der Waals surface area contributed by atoms with Crippen molar-refractivity contribution in [3.63, 3.8) is 0 Å². The van der Waals surface area contributed by atoms with Crippen LogP contribution in [0.5, 0.6) is 0 Å². The van der Waals surface area contributed by atoms with E-state index in [0.29, 0.717) is 17.8 Å². The van der Waals surface area contributed by atoms with Crippen molar-refractivity contribution in [2.24, 2.45) is 0 Å². The van der Waals surface area contributed by atoms with E-state index in [9.17, 15) is 0 Å². The van der Waals surface area contributed by atoms with Gasteiger partial charge >= 0.3 is 0 Å². The first-order chi connectivity index (χ1) is 11.3. The summed E-state index contributed by atoms with van der Waals surface area (Å²) in [6.07, 6.45) is 0. The Labute approximate surface area is 147 Å². The Balaban J connectivity index is 0.000000891. The van der Waals surface area contributed by atoms with Gasteiger partial charge < -0.3 is 0 Å². The fourth-order valence-electron chi connectivity index (χ4n) is 2.89. The van der Waals surface area contributed by atoms with Crippen molar-refractivity contribution in [1.29, 1.82) is 10.8 Å². The van der Waals surface area contributed by atoms with Crippen molar-refractivity contribution in [3.05, 3.63) is 59.2 Å². The molecule has 0 aliphatic heterocycles. The first kappa shape index (κ1) is 19.9. The highest BCUT2D eigenvalue weighted by atomic mass is 14.4. The Morgan fingerprint density at radius 1 is 0.708 bits per heavy atom. The Kier molecular flexibility index (Phi) is 7.61. The largest absolute Gasteiger partial charge is 0.242 e. The summed E-state index contributed by atoms with van der Waals surface area (Å²) in [5.74, 6) is 1.65. The lowest BCUT2D eigenvalue weighted by molar-refractivity contribution is 0.807. The van der Waals surface area contributed by atoms with Gasteiger partial charge in [-0.05, 0) is 45.6 Å². The standard InChI is InChI=1S/C21H28.CH2N2/c1-14(2)18-12-19(15(3)4)21(20(13-18)16(5)6)17-10-8-7-9-11-17;2-1-3/h7-16H,1-6H3;2-3H. The van der Waals surface area contributed by atoms with E-state index in [0.717, 1.165) is 0 Å². The highest BCUT2D eigenvalue weighted by molar-refractivity contribution is 5.73. The van der Waals surface area contributed by atoms with Crippen LogP contribution in [0.1, 0.15) is 76.0 Å². The Morgan fingerprint density at radius 2 is 1.12 bits per heavy atom. The third kappa shape index (κ3) is 4.91. The van der Waals surface area contributed by atoms with Gasteiger partial charge in [-0.25, -0.2) is 10.8 Å². The van der Waals surface area contributed by atoms with Gasteiger partial charge in [-0.1, -0.05) is 84.0 Å². The second-order valence-electron chi connectivity index (χ2n) is 7.03. The minimum Gasteiger partial charge on any atom is -0.242 e. The number of benzene rings is 2. The lowest BCUT2D eigenvalue weighted by Crippen LogP contribution is -2.03. The van der Waals surface area contributed by atoms with Gasteiger partial charge in [0.1, 0.15) is 0 Å². The van der Waals surface area contributed by atoms with Crippen LogP contribution in [0, 0.1) is 10.8 Å². The minimum absolute atomic E-state index is 0.538. The zero-order chi connectivity index (χ0) is 18.3. The molecule has 2 aromatic carbocycles. The summed E-state index contributed by atoms with van der Waals surface area (Å²) in [6, 6.07) is 16.9. The van der Waals surface area contributed by atoms with Crippen LogP contribution < -0.4 is 0 Å². The average Bonchev–Trinajstić information content (AvgIpc) is 2.54. The molecule has 0 atom stereocenters. The van der Waals surface area contributed by atoms with E-state index in [4.69, 9.17) is 10.8 Å². The smallest absolute Gasteiger partial charge is 0.0831 e. The molecular weight excluding hydrogens is 292 g/mol. The molecule has 0 unspecified atom stereocenters. The van der Waals surface area contributed by atoms with E-state index in [1.54, 1.807) is 0 Å². The summed E-state index contributed by atoms with van der Waals surface area (Å²) in [4.78, 5) is 0. The Morgan fingerprint density at radius 3 is 1.46 bits per heavy atom. The van der Waals surface area contributed by atoms with Crippen molar-refractivity contribution in [3.8, 4) is 11.1 Å². The molecule has 24 heavy (non-hydrogen) atoms. The lowest BCUT2D eigenvalue weighted by atomic mass is 9.82. The maximum Gasteiger partial charge on any atom is 0.0831 e. The SMILES string of the molecule is CC(C)c1cc(C(C)C)c(-c2ccccc2)c(C(C)C)c1.N=C=N. The van der Waals surface area contributed by atoms with Crippen LogP contribution in [0.4, 0.5) is 0 Å². The van der Waals surface area contributed by atoms with Gasteiger partial charge in [-0.15, -0.1) is 0 Å². The van der Waals surface area contributed by atoms with Crippen molar-refractivity contribution >= 4 is 6.01 Å². The van der Waals surface area contributed by atoms with Gasteiger partial charge in [0.25, 0.3) is 0 Å². The van der Waals surface area contributed by atoms with Crippen LogP contribution >= 0.6 is 0 Å². The van der Waals surface area contributed by atoms with E-state index in [1.165, 1.54) is 33.8 Å². The molecule has 0 aliphatic carbocycles. The van der Waals surface area contributed by atoms with Gasteiger partial charge in [-0.3, -0.25) is 0 Å². The van der Waals surface area contributed by atoms with E-state index >= 15 is 0 Å². The molecule has 0 bridgehead atoms. The summed E-state index contributed by atoms with van der Waals surface area (Å²) >= 11 is 0. The molecule has 2 aromatic rings. The van der Waals surface area contributed by atoms with Crippen molar-refractivity contribution in [2.75, 3.05) is 0 Å². The van der Waals surface area contributed by atoms with Crippen molar-refractivity contribution in [2.45, 2.75) is 59.3 Å². The summed E-state index contributed by atoms with van der Waals surface area (Å²) in [7, 11) is 0. The molecule has 2 heteroatoms. The molecule has 2 nitrogen and oxygen atoms in total. The van der Waals surface area contributed by atoms with E-state index < -0.39 is 0 Å². The predicted octanol–water partition coefficient (Wildman–Crippen LogP) is 7.04. The van der Waals surface area contributed by atoms with E-state index in [-0.39, 0.29) is 0 Å². The zero-order valence-electron chi connectivity index (χ0n) is 15.8. The molecule has 0 aliphatic rings. The van der Waals surface area contributed by atoms with Crippen LogP contribution in [-0.4, -0.2) is 6.01 Å². The minimum atomic E-state index is 0.538. The molecule has 0 heterocycles. The molecule has 128 valence electrons.